The predicted octanol–water partition coefficient (Wildman–Crippen LogP) is 4.34. The first-order chi connectivity index (χ1) is 13.5. The molecule has 1 atom stereocenters. The maximum atomic E-state index is 12.9. The Balaban J connectivity index is 1.61. The number of nitrogens with one attached hydrogen (secondary N) is 2. The largest absolute Gasteiger partial charge is 0.481 e. The number of para-hydroxylation sites is 1. The van der Waals surface area contributed by atoms with Gasteiger partial charge in [0.2, 0.25) is 0 Å². The van der Waals surface area contributed by atoms with Crippen molar-refractivity contribution in [3.05, 3.63) is 65.2 Å². The summed E-state index contributed by atoms with van der Waals surface area (Å²) in [5, 5.41) is 13.2. The van der Waals surface area contributed by atoms with Gasteiger partial charge in [-0.25, -0.2) is 4.79 Å². The Morgan fingerprint density at radius 3 is 2.64 bits per heavy atom. The van der Waals surface area contributed by atoms with Crippen LogP contribution in [0.3, 0.4) is 0 Å². The van der Waals surface area contributed by atoms with Crippen molar-refractivity contribution >= 4 is 28.7 Å². The lowest BCUT2D eigenvalue weighted by molar-refractivity contribution is -0.137. The molecular formula is C22H23N3O3. The van der Waals surface area contributed by atoms with Gasteiger partial charge in [0.25, 0.3) is 0 Å². The molecule has 3 N–H and O–H groups in total. The Morgan fingerprint density at radius 1 is 1.14 bits per heavy atom. The number of carbonyl (C=O) groups is 2. The maximum absolute atomic E-state index is 12.9. The van der Waals surface area contributed by atoms with E-state index in [1.807, 2.05) is 43.3 Å². The number of hydrogen-bond donors (Lipinski definition) is 3. The van der Waals surface area contributed by atoms with E-state index in [9.17, 15) is 14.7 Å². The second-order valence-electron chi connectivity index (χ2n) is 7.33. The molecule has 6 nitrogen and oxygen atoms in total. The molecule has 0 aliphatic carbocycles. The molecule has 3 aromatic rings. The van der Waals surface area contributed by atoms with Gasteiger partial charge in [0.05, 0.1) is 6.42 Å². The molecule has 1 aromatic heterocycles. The topological polar surface area (TPSA) is 85.4 Å². The van der Waals surface area contributed by atoms with Crippen LogP contribution in [0.2, 0.25) is 0 Å². The highest BCUT2D eigenvalue weighted by Crippen LogP contribution is 2.34. The van der Waals surface area contributed by atoms with Gasteiger partial charge in [0.1, 0.15) is 5.82 Å². The number of carboxylic acid groups (broad SMARTS) is 1. The summed E-state index contributed by atoms with van der Waals surface area (Å²) in [5.41, 5.74) is 4.17. The number of hydrogen-bond acceptors (Lipinski definition) is 2. The molecule has 0 saturated heterocycles. The molecule has 0 saturated carbocycles. The zero-order valence-corrected chi connectivity index (χ0v) is 15.7. The number of aromatic nitrogens is 1. The number of nitrogens with zero attached hydrogens (tertiary/aromatic N) is 1. The number of benzene rings is 2. The number of carbonyl (C=O) groups excluding carboxylic acids is 1. The second-order valence-corrected chi connectivity index (χ2v) is 7.33. The van der Waals surface area contributed by atoms with Crippen molar-refractivity contribution in [1.82, 2.24) is 9.88 Å². The van der Waals surface area contributed by atoms with Crippen molar-refractivity contribution in [2.75, 3.05) is 11.9 Å². The fourth-order valence-corrected chi connectivity index (χ4v) is 3.99. The van der Waals surface area contributed by atoms with Gasteiger partial charge in [-0.05, 0) is 29.5 Å². The van der Waals surface area contributed by atoms with Crippen LogP contribution < -0.4 is 5.32 Å². The molecule has 6 heteroatoms. The molecule has 0 radical (unpaired) electrons. The van der Waals surface area contributed by atoms with Gasteiger partial charge in [-0.1, -0.05) is 49.4 Å². The summed E-state index contributed by atoms with van der Waals surface area (Å²) in [6, 6.07) is 15.7. The molecule has 1 aliphatic heterocycles. The monoisotopic (exact) mass is 377 g/mol. The van der Waals surface area contributed by atoms with Crippen LogP contribution in [0.1, 0.15) is 36.0 Å². The lowest BCUT2D eigenvalue weighted by Gasteiger charge is -2.29. The molecule has 0 spiro atoms. The molecule has 1 unspecified atom stereocenters. The summed E-state index contributed by atoms with van der Waals surface area (Å²) in [5.74, 6) is -0.507. The molecule has 1 aliphatic rings. The van der Waals surface area contributed by atoms with Crippen LogP contribution in [0.4, 0.5) is 10.6 Å². The standard InChI is InChI=1S/C22H23N3O3/c1-14(12-19(26)27)20-17-8-4-5-9-18(17)23-21(20)24-22(28)25-11-10-15-6-2-3-7-16(15)13-25/h2-9,14,23H,10-13H2,1H3,(H,24,28)(H,26,27). The Bertz CT molecular complexity index is 1040. The number of aromatic amines is 1. The minimum Gasteiger partial charge on any atom is -0.481 e. The number of fused-ring (bicyclic) bond motifs is 2. The van der Waals surface area contributed by atoms with E-state index >= 15 is 0 Å². The molecule has 2 heterocycles. The van der Waals surface area contributed by atoms with Gasteiger partial charge in [-0.15, -0.1) is 0 Å². The van der Waals surface area contributed by atoms with Crippen molar-refractivity contribution < 1.29 is 14.7 Å². The first-order valence-corrected chi connectivity index (χ1v) is 9.48. The van der Waals surface area contributed by atoms with E-state index in [0.717, 1.165) is 22.9 Å². The van der Waals surface area contributed by atoms with E-state index in [1.54, 1.807) is 4.90 Å². The lowest BCUT2D eigenvalue weighted by Crippen LogP contribution is -2.39. The Kier molecular flexibility index (Phi) is 4.77. The van der Waals surface area contributed by atoms with Crippen molar-refractivity contribution in [3.63, 3.8) is 0 Å². The van der Waals surface area contributed by atoms with Crippen LogP contribution in [-0.4, -0.2) is 33.5 Å². The predicted molar refractivity (Wildman–Crippen MR) is 109 cm³/mol. The zero-order chi connectivity index (χ0) is 19.7. The van der Waals surface area contributed by atoms with E-state index < -0.39 is 5.97 Å². The Labute approximate surface area is 163 Å². The number of carboxylic acids is 1. The molecule has 0 bridgehead atoms. The molecule has 2 aromatic carbocycles. The van der Waals surface area contributed by atoms with Crippen molar-refractivity contribution in [2.45, 2.75) is 32.2 Å². The van der Waals surface area contributed by atoms with Crippen LogP contribution in [0.5, 0.6) is 0 Å². The number of amides is 2. The summed E-state index contributed by atoms with van der Waals surface area (Å²) < 4.78 is 0. The molecule has 0 fully saturated rings. The summed E-state index contributed by atoms with van der Waals surface area (Å²) in [7, 11) is 0. The number of H-pyrrole nitrogens is 1. The van der Waals surface area contributed by atoms with Gasteiger partial charge in [0, 0.05) is 29.6 Å². The van der Waals surface area contributed by atoms with Crippen LogP contribution in [0.15, 0.2) is 48.5 Å². The molecular weight excluding hydrogens is 354 g/mol. The van der Waals surface area contributed by atoms with Crippen molar-refractivity contribution in [2.24, 2.45) is 0 Å². The molecule has 2 amide bonds. The average Bonchev–Trinajstić information content (AvgIpc) is 3.05. The fraction of sp³-hybridized carbons (Fsp3) is 0.273. The third-order valence-corrected chi connectivity index (χ3v) is 5.37. The number of anilines is 1. The van der Waals surface area contributed by atoms with Gasteiger partial charge in [-0.3, -0.25) is 10.1 Å². The molecule has 28 heavy (non-hydrogen) atoms. The van der Waals surface area contributed by atoms with Gasteiger partial charge in [-0.2, -0.15) is 0 Å². The molecule has 144 valence electrons. The number of aliphatic carboxylic acids is 1. The van der Waals surface area contributed by atoms with E-state index in [4.69, 9.17) is 0 Å². The maximum Gasteiger partial charge on any atom is 0.323 e. The van der Waals surface area contributed by atoms with Gasteiger partial charge >= 0.3 is 12.0 Å². The highest BCUT2D eigenvalue weighted by Gasteiger charge is 2.24. The van der Waals surface area contributed by atoms with E-state index in [-0.39, 0.29) is 18.4 Å². The highest BCUT2D eigenvalue weighted by molar-refractivity contribution is 5.96. The minimum atomic E-state index is -0.859. The smallest absolute Gasteiger partial charge is 0.323 e. The van der Waals surface area contributed by atoms with E-state index in [0.29, 0.717) is 18.9 Å². The van der Waals surface area contributed by atoms with Crippen molar-refractivity contribution in [3.8, 4) is 0 Å². The lowest BCUT2D eigenvalue weighted by atomic mass is 9.96. The Hall–Kier alpha value is -3.28. The number of urea groups is 1. The highest BCUT2D eigenvalue weighted by atomic mass is 16.4. The first-order valence-electron chi connectivity index (χ1n) is 9.48. The third-order valence-electron chi connectivity index (χ3n) is 5.37. The summed E-state index contributed by atoms with van der Waals surface area (Å²) in [6.07, 6.45) is 0.834. The first kappa shape index (κ1) is 18.1. The van der Waals surface area contributed by atoms with Gasteiger partial charge < -0.3 is 15.0 Å². The number of rotatable bonds is 4. The summed E-state index contributed by atoms with van der Waals surface area (Å²) >= 11 is 0. The van der Waals surface area contributed by atoms with Crippen molar-refractivity contribution in [1.29, 1.82) is 0 Å². The van der Waals surface area contributed by atoms with E-state index in [2.05, 4.69) is 22.4 Å². The average molecular weight is 377 g/mol. The van der Waals surface area contributed by atoms with Crippen LogP contribution >= 0.6 is 0 Å². The van der Waals surface area contributed by atoms with Crippen LogP contribution in [0, 0.1) is 0 Å². The second kappa shape index (κ2) is 7.38. The SMILES string of the molecule is CC(CC(=O)O)c1c(NC(=O)N2CCc3ccccc3C2)[nH]c2ccccc12. The Morgan fingerprint density at radius 2 is 1.86 bits per heavy atom. The van der Waals surface area contributed by atoms with Crippen LogP contribution in [0.25, 0.3) is 10.9 Å². The molecule has 4 rings (SSSR count). The zero-order valence-electron chi connectivity index (χ0n) is 15.7. The van der Waals surface area contributed by atoms with E-state index in [1.165, 1.54) is 11.1 Å². The van der Waals surface area contributed by atoms with Crippen LogP contribution in [-0.2, 0) is 17.8 Å². The minimum absolute atomic E-state index is 0.00179. The van der Waals surface area contributed by atoms with Gasteiger partial charge in [0.15, 0.2) is 0 Å². The third kappa shape index (κ3) is 3.45. The summed E-state index contributed by atoms with van der Waals surface area (Å²) in [6.45, 7) is 3.10. The normalized spacial score (nSPS) is 14.5. The summed E-state index contributed by atoms with van der Waals surface area (Å²) in [4.78, 5) is 29.2. The quantitative estimate of drug-likeness (QED) is 0.632. The fourth-order valence-electron chi connectivity index (χ4n) is 3.99.